The molecular formula is C23H19F3N4O5. The van der Waals surface area contributed by atoms with E-state index in [-0.39, 0.29) is 35.2 Å². The first kappa shape index (κ1) is 24.1. The minimum Gasteiger partial charge on any atom is -0.491 e. The molecule has 35 heavy (non-hydrogen) atoms. The Hall–Kier alpha value is -4.03. The van der Waals surface area contributed by atoms with Crippen molar-refractivity contribution < 1.29 is 37.7 Å². The molecular weight excluding hydrogens is 469 g/mol. The van der Waals surface area contributed by atoms with Gasteiger partial charge in [-0.15, -0.1) is 0 Å². The first-order chi connectivity index (χ1) is 16.7. The molecule has 9 nitrogen and oxygen atoms in total. The Morgan fingerprint density at radius 3 is 2.69 bits per heavy atom. The van der Waals surface area contributed by atoms with Gasteiger partial charge in [-0.05, 0) is 30.4 Å². The van der Waals surface area contributed by atoms with Crippen molar-refractivity contribution in [2.45, 2.75) is 18.3 Å². The molecule has 0 aromatic heterocycles. The molecule has 2 atom stereocenters. The third-order valence-corrected chi connectivity index (χ3v) is 5.06. The van der Waals surface area contributed by atoms with Crippen molar-refractivity contribution in [1.82, 2.24) is 5.01 Å². The van der Waals surface area contributed by atoms with E-state index in [1.165, 1.54) is 42.5 Å². The molecule has 0 saturated carbocycles. The van der Waals surface area contributed by atoms with Crippen molar-refractivity contribution >= 4 is 29.0 Å². The Morgan fingerprint density at radius 2 is 1.94 bits per heavy atom. The third kappa shape index (κ3) is 5.23. The van der Waals surface area contributed by atoms with E-state index in [1.54, 1.807) is 12.1 Å². The lowest BCUT2D eigenvalue weighted by Gasteiger charge is -2.24. The van der Waals surface area contributed by atoms with Crippen molar-refractivity contribution in [2.75, 3.05) is 18.5 Å². The Morgan fingerprint density at radius 1 is 1.17 bits per heavy atom. The van der Waals surface area contributed by atoms with Crippen LogP contribution in [0.4, 0.5) is 18.9 Å². The van der Waals surface area contributed by atoms with Crippen LogP contribution >= 0.6 is 0 Å². The van der Waals surface area contributed by atoms with E-state index in [4.69, 9.17) is 9.84 Å². The number of nitrogens with zero attached hydrogens (tertiary/aromatic N) is 3. The molecule has 0 bridgehead atoms. The zero-order chi connectivity index (χ0) is 25.2. The summed E-state index contributed by atoms with van der Waals surface area (Å²) in [5.41, 5.74) is -0.934. The first-order valence-corrected chi connectivity index (χ1v) is 10.3. The fourth-order valence-corrected chi connectivity index (χ4v) is 3.43. The lowest BCUT2D eigenvalue weighted by atomic mass is 10.0. The molecule has 0 spiro atoms. The van der Waals surface area contributed by atoms with E-state index < -0.39 is 42.3 Å². The number of halogens is 3. The highest BCUT2D eigenvalue weighted by Crippen LogP contribution is 2.33. The molecule has 2 aromatic rings. The number of hydrogen-bond donors (Lipinski definition) is 3. The number of fused-ring (bicyclic) bond motifs is 1. The van der Waals surface area contributed by atoms with Crippen molar-refractivity contribution in [3.63, 3.8) is 0 Å². The quantitative estimate of drug-likeness (QED) is 0.512. The van der Waals surface area contributed by atoms with Gasteiger partial charge in [0.2, 0.25) is 6.04 Å². The number of aliphatic hydroxyl groups excluding tert-OH is 2. The van der Waals surface area contributed by atoms with Gasteiger partial charge in [-0.3, -0.25) is 9.59 Å². The molecule has 3 N–H and O–H groups in total. The van der Waals surface area contributed by atoms with E-state index in [0.717, 1.165) is 11.1 Å². The van der Waals surface area contributed by atoms with Gasteiger partial charge in [-0.1, -0.05) is 24.3 Å². The Kier molecular flexibility index (Phi) is 6.67. The fraction of sp³-hybridized carbons (Fsp3) is 0.217. The van der Waals surface area contributed by atoms with Crippen molar-refractivity contribution in [3.05, 3.63) is 71.8 Å². The number of carbonyl (C=O) groups is 2. The monoisotopic (exact) mass is 488 g/mol. The average Bonchev–Trinajstić information content (AvgIpc) is 3.17. The van der Waals surface area contributed by atoms with Crippen molar-refractivity contribution in [2.24, 2.45) is 10.1 Å². The van der Waals surface area contributed by atoms with Crippen LogP contribution in [0.1, 0.15) is 11.1 Å². The van der Waals surface area contributed by atoms with Gasteiger partial charge in [0, 0.05) is 17.3 Å². The number of aliphatic imine (C=N–C) groups is 1. The summed E-state index contributed by atoms with van der Waals surface area (Å²) in [7, 11) is 0. The van der Waals surface area contributed by atoms with Crippen LogP contribution in [0.25, 0.3) is 0 Å². The summed E-state index contributed by atoms with van der Waals surface area (Å²) in [6.07, 6.45) is -3.09. The van der Waals surface area contributed by atoms with E-state index in [1.807, 2.05) is 0 Å². The molecule has 0 fully saturated rings. The average molecular weight is 488 g/mol. The standard InChI is InChI=1S/C23H19F3N4O5/c24-23(25,26)17-7-2-1-6-16(17)18-8-9-19-28-22(34)20(30(19)29-18)21(33)27-13-4-3-5-15(10-13)35-12-14(32)11-31/h1-10,14,20,31-32H,11-12H2,(H,27,33). The summed E-state index contributed by atoms with van der Waals surface area (Å²) in [5.74, 6) is -1.31. The topological polar surface area (TPSA) is 124 Å². The number of aliphatic hydroxyl groups is 2. The van der Waals surface area contributed by atoms with Gasteiger partial charge in [0.25, 0.3) is 11.8 Å². The number of alkyl halides is 3. The SMILES string of the molecule is O=C1N=C2C=CC(c3ccccc3C(F)(F)F)=NN2C1C(=O)Nc1cccc(OCC(O)CO)c1. The van der Waals surface area contributed by atoms with Crippen molar-refractivity contribution in [3.8, 4) is 5.75 Å². The molecule has 12 heteroatoms. The van der Waals surface area contributed by atoms with Crippen LogP contribution in [0, 0.1) is 0 Å². The number of anilines is 1. The van der Waals surface area contributed by atoms with Gasteiger partial charge in [-0.2, -0.15) is 23.3 Å². The highest BCUT2D eigenvalue weighted by Gasteiger charge is 2.42. The Labute approximate surface area is 196 Å². The van der Waals surface area contributed by atoms with Crippen LogP contribution in [0.3, 0.4) is 0 Å². The predicted octanol–water partition coefficient (Wildman–Crippen LogP) is 1.96. The zero-order valence-electron chi connectivity index (χ0n) is 17.9. The molecule has 0 radical (unpaired) electrons. The third-order valence-electron chi connectivity index (χ3n) is 5.06. The summed E-state index contributed by atoms with van der Waals surface area (Å²) in [4.78, 5) is 29.2. The summed E-state index contributed by atoms with van der Waals surface area (Å²) in [6, 6.07) is 9.41. The number of ether oxygens (including phenoxy) is 1. The Balaban J connectivity index is 1.55. The largest absolute Gasteiger partial charge is 0.491 e. The maximum atomic E-state index is 13.5. The van der Waals surface area contributed by atoms with Gasteiger partial charge < -0.3 is 20.3 Å². The van der Waals surface area contributed by atoms with Crippen LogP contribution in [0.15, 0.2) is 70.8 Å². The molecule has 2 heterocycles. The lowest BCUT2D eigenvalue weighted by Crippen LogP contribution is -2.44. The number of rotatable bonds is 7. The van der Waals surface area contributed by atoms with Gasteiger partial charge in [-0.25, -0.2) is 5.01 Å². The smallest absolute Gasteiger partial charge is 0.417 e. The molecule has 2 aliphatic heterocycles. The van der Waals surface area contributed by atoms with Crippen LogP contribution in [-0.2, 0) is 15.8 Å². The molecule has 0 saturated heterocycles. The molecule has 2 aliphatic rings. The Bertz CT molecular complexity index is 1240. The molecule has 2 aromatic carbocycles. The van der Waals surface area contributed by atoms with Crippen LogP contribution in [0.5, 0.6) is 5.75 Å². The molecule has 4 rings (SSSR count). The lowest BCUT2D eigenvalue weighted by molar-refractivity contribution is -0.137. The number of carbonyl (C=O) groups excluding carboxylic acids is 2. The van der Waals surface area contributed by atoms with E-state index in [9.17, 15) is 27.9 Å². The maximum absolute atomic E-state index is 13.5. The first-order valence-electron chi connectivity index (χ1n) is 10.3. The van der Waals surface area contributed by atoms with Gasteiger partial charge >= 0.3 is 6.18 Å². The summed E-state index contributed by atoms with van der Waals surface area (Å²) in [5, 5.41) is 25.9. The van der Waals surface area contributed by atoms with Crippen LogP contribution < -0.4 is 10.1 Å². The summed E-state index contributed by atoms with van der Waals surface area (Å²) in [6.45, 7) is -0.661. The molecule has 2 unspecified atom stereocenters. The minimum atomic E-state index is -4.63. The van der Waals surface area contributed by atoms with E-state index in [0.29, 0.717) is 0 Å². The van der Waals surface area contributed by atoms with E-state index in [2.05, 4.69) is 15.4 Å². The van der Waals surface area contributed by atoms with E-state index >= 15 is 0 Å². The fourth-order valence-electron chi connectivity index (χ4n) is 3.43. The number of benzene rings is 2. The normalized spacial score (nSPS) is 18.0. The number of hydrazone groups is 1. The second-order valence-electron chi connectivity index (χ2n) is 7.58. The number of amides is 2. The molecule has 2 amide bonds. The van der Waals surface area contributed by atoms with Crippen LogP contribution in [-0.4, -0.2) is 63.9 Å². The number of allylic oxidation sites excluding steroid dienone is 1. The molecule has 182 valence electrons. The summed E-state index contributed by atoms with van der Waals surface area (Å²) < 4.78 is 45.7. The van der Waals surface area contributed by atoms with Gasteiger partial charge in [0.1, 0.15) is 18.5 Å². The summed E-state index contributed by atoms with van der Waals surface area (Å²) >= 11 is 0. The highest BCUT2D eigenvalue weighted by molar-refractivity contribution is 6.24. The second kappa shape index (κ2) is 9.68. The molecule has 0 aliphatic carbocycles. The van der Waals surface area contributed by atoms with Gasteiger partial charge in [0.15, 0.2) is 5.84 Å². The number of hydrogen-bond acceptors (Lipinski definition) is 7. The van der Waals surface area contributed by atoms with Crippen molar-refractivity contribution in [1.29, 1.82) is 0 Å². The number of amidine groups is 1. The number of nitrogens with one attached hydrogen (secondary N) is 1. The maximum Gasteiger partial charge on any atom is 0.417 e. The second-order valence-corrected chi connectivity index (χ2v) is 7.58. The van der Waals surface area contributed by atoms with Crippen LogP contribution in [0.2, 0.25) is 0 Å². The minimum absolute atomic E-state index is 0.0264. The van der Waals surface area contributed by atoms with Gasteiger partial charge in [0.05, 0.1) is 17.9 Å². The predicted molar refractivity (Wildman–Crippen MR) is 119 cm³/mol. The highest BCUT2D eigenvalue weighted by atomic mass is 19.4. The zero-order valence-corrected chi connectivity index (χ0v) is 17.9.